The van der Waals surface area contributed by atoms with Crippen LogP contribution in [-0.2, 0) is 6.18 Å². The highest BCUT2D eigenvalue weighted by atomic mass is 19.4. The van der Waals surface area contributed by atoms with Crippen LogP contribution in [0.3, 0.4) is 0 Å². The van der Waals surface area contributed by atoms with Crippen molar-refractivity contribution in [1.29, 1.82) is 0 Å². The van der Waals surface area contributed by atoms with E-state index in [4.69, 9.17) is 0 Å². The zero-order valence-electron chi connectivity index (χ0n) is 8.78. The fraction of sp³-hybridized carbons (Fsp3) is 0.0833. The van der Waals surface area contributed by atoms with E-state index in [0.717, 1.165) is 10.7 Å². The number of benzene rings is 1. The Balaban J connectivity index is 2.55. The molecule has 0 spiro atoms. The van der Waals surface area contributed by atoms with Crippen LogP contribution in [-0.4, -0.2) is 9.78 Å². The first-order valence-corrected chi connectivity index (χ1v) is 4.87. The summed E-state index contributed by atoms with van der Waals surface area (Å²) in [5.41, 5.74) is 0.111. The zero-order valence-corrected chi connectivity index (χ0v) is 8.78. The van der Waals surface area contributed by atoms with Gasteiger partial charge >= 0.3 is 6.18 Å². The Morgan fingerprint density at radius 3 is 2.35 bits per heavy atom. The Morgan fingerprint density at radius 1 is 1.18 bits per heavy atom. The minimum absolute atomic E-state index is 0.368. The van der Waals surface area contributed by atoms with Crippen LogP contribution >= 0.6 is 0 Å². The Kier molecular flexibility index (Phi) is 2.75. The van der Waals surface area contributed by atoms with Crippen LogP contribution in [0, 0.1) is 0 Å². The van der Waals surface area contributed by atoms with Gasteiger partial charge < -0.3 is 0 Å². The molecule has 0 bridgehead atoms. The van der Waals surface area contributed by atoms with Gasteiger partial charge in [-0.2, -0.15) is 18.3 Å². The molecule has 0 radical (unpaired) electrons. The molecule has 0 saturated carbocycles. The number of alkyl halides is 3. The Labute approximate surface area is 96.0 Å². The molecular formula is C12H9F3N2. The number of nitrogens with zero attached hydrogens (tertiary/aromatic N) is 2. The molecule has 0 saturated heterocycles. The summed E-state index contributed by atoms with van der Waals surface area (Å²) in [7, 11) is 0. The number of halogens is 3. The minimum Gasteiger partial charge on any atom is -0.240 e. The molecule has 0 aliphatic rings. The summed E-state index contributed by atoms with van der Waals surface area (Å²) in [6.07, 6.45) is -3.20. The molecule has 2 aromatic rings. The first kappa shape index (κ1) is 11.4. The van der Waals surface area contributed by atoms with E-state index in [-0.39, 0.29) is 0 Å². The highest BCUT2D eigenvalue weighted by Crippen LogP contribution is 2.31. The third-order valence-corrected chi connectivity index (χ3v) is 2.27. The van der Waals surface area contributed by atoms with Crippen molar-refractivity contribution in [3.8, 4) is 11.3 Å². The molecule has 1 aromatic carbocycles. The predicted molar refractivity (Wildman–Crippen MR) is 59.1 cm³/mol. The number of hydrogen-bond donors (Lipinski definition) is 0. The van der Waals surface area contributed by atoms with Crippen molar-refractivity contribution in [2.45, 2.75) is 6.18 Å². The van der Waals surface area contributed by atoms with Gasteiger partial charge in [-0.15, -0.1) is 0 Å². The molecule has 0 unspecified atom stereocenters. The summed E-state index contributed by atoms with van der Waals surface area (Å²) in [5, 5.41) is 3.45. The summed E-state index contributed by atoms with van der Waals surface area (Å²) in [6, 6.07) is 9.75. The van der Waals surface area contributed by atoms with Gasteiger partial charge in [-0.1, -0.05) is 36.9 Å². The number of aromatic nitrogens is 2. The maximum Gasteiger partial charge on any atom is 0.435 e. The summed E-state index contributed by atoms with van der Waals surface area (Å²) in [4.78, 5) is 0. The second-order valence-electron chi connectivity index (χ2n) is 3.41. The van der Waals surface area contributed by atoms with Crippen molar-refractivity contribution >= 4 is 6.20 Å². The van der Waals surface area contributed by atoms with E-state index < -0.39 is 11.9 Å². The van der Waals surface area contributed by atoms with Gasteiger partial charge in [0.1, 0.15) is 0 Å². The van der Waals surface area contributed by atoms with Gasteiger partial charge in [0.25, 0.3) is 0 Å². The maximum absolute atomic E-state index is 12.5. The number of hydrogen-bond acceptors (Lipinski definition) is 1. The molecule has 0 fully saturated rings. The lowest BCUT2D eigenvalue weighted by atomic mass is 10.1. The smallest absolute Gasteiger partial charge is 0.240 e. The van der Waals surface area contributed by atoms with Gasteiger partial charge in [0.05, 0.1) is 5.69 Å². The topological polar surface area (TPSA) is 17.8 Å². The van der Waals surface area contributed by atoms with Gasteiger partial charge in [-0.05, 0) is 6.07 Å². The van der Waals surface area contributed by atoms with E-state index in [1.807, 2.05) is 0 Å². The molecule has 0 atom stereocenters. The summed E-state index contributed by atoms with van der Waals surface area (Å²) in [6.45, 7) is 3.45. The third kappa shape index (κ3) is 2.22. The molecule has 1 heterocycles. The average Bonchev–Trinajstić information content (AvgIpc) is 2.73. The Bertz CT molecular complexity index is 526. The van der Waals surface area contributed by atoms with Crippen molar-refractivity contribution in [3.05, 3.63) is 48.7 Å². The summed E-state index contributed by atoms with van der Waals surface area (Å²) >= 11 is 0. The van der Waals surface area contributed by atoms with Crippen LogP contribution in [0.5, 0.6) is 0 Å². The molecule has 0 amide bonds. The molecular weight excluding hydrogens is 229 g/mol. The van der Waals surface area contributed by atoms with E-state index >= 15 is 0 Å². The molecule has 2 nitrogen and oxygen atoms in total. The SMILES string of the molecule is C=Cn1nc(C(F)(F)F)cc1-c1ccccc1. The molecule has 5 heteroatoms. The standard InChI is InChI=1S/C12H9F3N2/c1-2-17-10(9-6-4-3-5-7-9)8-11(16-17)12(13,14)15/h2-8H,1H2. The van der Waals surface area contributed by atoms with Crippen LogP contribution in [0.25, 0.3) is 17.5 Å². The van der Waals surface area contributed by atoms with Crippen LogP contribution < -0.4 is 0 Å². The van der Waals surface area contributed by atoms with E-state index in [0.29, 0.717) is 11.3 Å². The first-order chi connectivity index (χ1) is 8.02. The van der Waals surface area contributed by atoms with Gasteiger partial charge in [-0.25, -0.2) is 4.68 Å². The lowest BCUT2D eigenvalue weighted by Gasteiger charge is -2.00. The predicted octanol–water partition coefficient (Wildman–Crippen LogP) is 3.67. The highest BCUT2D eigenvalue weighted by molar-refractivity contribution is 5.62. The normalized spacial score (nSPS) is 11.5. The van der Waals surface area contributed by atoms with Crippen molar-refractivity contribution in [3.63, 3.8) is 0 Å². The first-order valence-electron chi connectivity index (χ1n) is 4.87. The highest BCUT2D eigenvalue weighted by Gasteiger charge is 2.34. The molecule has 0 aliphatic heterocycles. The summed E-state index contributed by atoms with van der Waals surface area (Å²) < 4.78 is 38.7. The molecule has 0 aliphatic carbocycles. The second kappa shape index (κ2) is 4.08. The van der Waals surface area contributed by atoms with E-state index in [1.165, 1.54) is 6.20 Å². The fourth-order valence-corrected chi connectivity index (χ4v) is 1.50. The van der Waals surface area contributed by atoms with E-state index in [2.05, 4.69) is 11.7 Å². The maximum atomic E-state index is 12.5. The second-order valence-corrected chi connectivity index (χ2v) is 3.41. The Morgan fingerprint density at radius 2 is 1.82 bits per heavy atom. The van der Waals surface area contributed by atoms with Crippen LogP contribution in [0.2, 0.25) is 0 Å². The Hall–Kier alpha value is -2.04. The van der Waals surface area contributed by atoms with E-state index in [9.17, 15) is 13.2 Å². The van der Waals surface area contributed by atoms with Crippen LogP contribution in [0.15, 0.2) is 43.0 Å². The monoisotopic (exact) mass is 238 g/mol. The van der Waals surface area contributed by atoms with E-state index in [1.54, 1.807) is 30.3 Å². The largest absolute Gasteiger partial charge is 0.435 e. The quantitative estimate of drug-likeness (QED) is 0.780. The fourth-order valence-electron chi connectivity index (χ4n) is 1.50. The van der Waals surface area contributed by atoms with Crippen molar-refractivity contribution in [1.82, 2.24) is 9.78 Å². The average molecular weight is 238 g/mol. The van der Waals surface area contributed by atoms with Gasteiger partial charge in [0.2, 0.25) is 0 Å². The van der Waals surface area contributed by atoms with Crippen molar-refractivity contribution in [2.75, 3.05) is 0 Å². The van der Waals surface area contributed by atoms with Crippen molar-refractivity contribution in [2.24, 2.45) is 0 Å². The molecule has 1 aromatic heterocycles. The third-order valence-electron chi connectivity index (χ3n) is 2.27. The van der Waals surface area contributed by atoms with Gasteiger partial charge in [-0.3, -0.25) is 0 Å². The zero-order chi connectivity index (χ0) is 12.5. The lowest BCUT2D eigenvalue weighted by molar-refractivity contribution is -0.141. The minimum atomic E-state index is -4.45. The van der Waals surface area contributed by atoms with Crippen LogP contribution in [0.1, 0.15) is 5.69 Å². The van der Waals surface area contributed by atoms with Gasteiger partial charge in [0.15, 0.2) is 5.69 Å². The molecule has 88 valence electrons. The number of rotatable bonds is 2. The molecule has 2 rings (SSSR count). The lowest BCUT2D eigenvalue weighted by Crippen LogP contribution is -2.06. The molecule has 17 heavy (non-hydrogen) atoms. The summed E-state index contributed by atoms with van der Waals surface area (Å²) in [5.74, 6) is 0. The van der Waals surface area contributed by atoms with Crippen molar-refractivity contribution < 1.29 is 13.2 Å². The van der Waals surface area contributed by atoms with Crippen LogP contribution in [0.4, 0.5) is 13.2 Å². The van der Waals surface area contributed by atoms with Gasteiger partial charge in [0, 0.05) is 11.8 Å². The molecule has 0 N–H and O–H groups in total.